The highest BCUT2D eigenvalue weighted by Gasteiger charge is 2.36. The predicted octanol–water partition coefficient (Wildman–Crippen LogP) is 3.72. The molecule has 2 heterocycles. The fraction of sp³-hybridized carbons (Fsp3) is 0.647. The van der Waals surface area contributed by atoms with E-state index < -0.39 is 0 Å². The maximum absolute atomic E-state index is 6.26. The van der Waals surface area contributed by atoms with E-state index in [0.29, 0.717) is 12.1 Å². The van der Waals surface area contributed by atoms with Gasteiger partial charge in [-0.05, 0) is 44.4 Å². The average Bonchev–Trinajstić information content (AvgIpc) is 2.95. The minimum absolute atomic E-state index is 0.564. The monoisotopic (exact) mass is 308 g/mol. The van der Waals surface area contributed by atoms with Gasteiger partial charge in [-0.25, -0.2) is 0 Å². The highest BCUT2D eigenvalue weighted by Crippen LogP contribution is 2.38. The Morgan fingerprint density at radius 2 is 2.14 bits per heavy atom. The van der Waals surface area contributed by atoms with Crippen molar-refractivity contribution in [2.24, 2.45) is 0 Å². The highest BCUT2D eigenvalue weighted by atomic mass is 35.5. The van der Waals surface area contributed by atoms with Crippen LogP contribution in [0, 0.1) is 6.92 Å². The number of fused-ring (bicyclic) bond motifs is 1. The number of aryl methyl sites for hydroxylation is 1. The number of ether oxygens (including phenoxy) is 1. The summed E-state index contributed by atoms with van der Waals surface area (Å²) < 4.78 is 5.60. The SMILES string of the molecule is CCC1CN2CCCC2CN1c1cc(C)c(Cl)cc1OC. The molecule has 1 aromatic rings. The Morgan fingerprint density at radius 1 is 1.33 bits per heavy atom. The summed E-state index contributed by atoms with van der Waals surface area (Å²) in [5, 5.41) is 0.781. The molecule has 0 bridgehead atoms. The van der Waals surface area contributed by atoms with Gasteiger partial charge >= 0.3 is 0 Å². The Bertz CT molecular complexity index is 520. The van der Waals surface area contributed by atoms with Crippen molar-refractivity contribution in [2.75, 3.05) is 31.6 Å². The molecule has 0 saturated carbocycles. The van der Waals surface area contributed by atoms with E-state index in [4.69, 9.17) is 16.3 Å². The van der Waals surface area contributed by atoms with Crippen LogP contribution in [0.2, 0.25) is 5.02 Å². The third-order valence-corrected chi connectivity index (χ3v) is 5.44. The number of methoxy groups -OCH3 is 1. The topological polar surface area (TPSA) is 15.7 Å². The Hall–Kier alpha value is -0.930. The fourth-order valence-electron chi connectivity index (χ4n) is 3.77. The van der Waals surface area contributed by atoms with Crippen LogP contribution in [0.25, 0.3) is 0 Å². The molecule has 2 aliphatic rings. The molecule has 2 saturated heterocycles. The third-order valence-electron chi connectivity index (χ3n) is 5.03. The minimum atomic E-state index is 0.564. The largest absolute Gasteiger partial charge is 0.495 e. The molecule has 2 atom stereocenters. The van der Waals surface area contributed by atoms with Crippen molar-refractivity contribution in [2.45, 2.75) is 45.2 Å². The van der Waals surface area contributed by atoms with Gasteiger partial charge in [-0.2, -0.15) is 0 Å². The summed E-state index contributed by atoms with van der Waals surface area (Å²) in [4.78, 5) is 5.22. The van der Waals surface area contributed by atoms with E-state index in [0.717, 1.165) is 29.3 Å². The molecule has 0 aliphatic carbocycles. The molecule has 4 heteroatoms. The number of hydrogen-bond acceptors (Lipinski definition) is 3. The molecule has 2 unspecified atom stereocenters. The van der Waals surface area contributed by atoms with Crippen LogP contribution in [0.15, 0.2) is 12.1 Å². The molecule has 116 valence electrons. The summed E-state index contributed by atoms with van der Waals surface area (Å²) in [7, 11) is 1.73. The molecule has 0 spiro atoms. The number of nitrogens with zero attached hydrogens (tertiary/aromatic N) is 2. The molecular formula is C17H25ClN2O. The van der Waals surface area contributed by atoms with E-state index in [1.807, 2.05) is 6.07 Å². The lowest BCUT2D eigenvalue weighted by atomic mass is 10.0. The van der Waals surface area contributed by atoms with Crippen LogP contribution in [0.5, 0.6) is 5.75 Å². The first-order valence-electron chi connectivity index (χ1n) is 7.98. The van der Waals surface area contributed by atoms with Crippen molar-refractivity contribution in [1.82, 2.24) is 4.90 Å². The second-order valence-electron chi connectivity index (χ2n) is 6.28. The van der Waals surface area contributed by atoms with Crippen molar-refractivity contribution in [1.29, 1.82) is 0 Å². The van der Waals surface area contributed by atoms with Crippen molar-refractivity contribution in [3.63, 3.8) is 0 Å². The maximum Gasteiger partial charge on any atom is 0.143 e. The van der Waals surface area contributed by atoms with Gasteiger partial charge in [-0.3, -0.25) is 4.90 Å². The van der Waals surface area contributed by atoms with Crippen LogP contribution in [0.1, 0.15) is 31.7 Å². The Labute approximate surface area is 132 Å². The number of piperazine rings is 1. The summed E-state index contributed by atoms with van der Waals surface area (Å²) in [6.07, 6.45) is 3.82. The van der Waals surface area contributed by atoms with Gasteiger partial charge in [0.05, 0.1) is 12.8 Å². The smallest absolute Gasteiger partial charge is 0.143 e. The minimum Gasteiger partial charge on any atom is -0.495 e. The van der Waals surface area contributed by atoms with Crippen LogP contribution < -0.4 is 9.64 Å². The van der Waals surface area contributed by atoms with Crippen LogP contribution in [0.3, 0.4) is 0 Å². The summed E-state index contributed by atoms with van der Waals surface area (Å²) in [6.45, 7) is 7.90. The maximum atomic E-state index is 6.26. The fourth-order valence-corrected chi connectivity index (χ4v) is 3.92. The van der Waals surface area contributed by atoms with Gasteiger partial charge in [-0.1, -0.05) is 18.5 Å². The zero-order valence-electron chi connectivity index (χ0n) is 13.2. The van der Waals surface area contributed by atoms with Crippen LogP contribution in [-0.2, 0) is 0 Å². The van der Waals surface area contributed by atoms with Crippen LogP contribution in [0.4, 0.5) is 5.69 Å². The molecule has 0 amide bonds. The van der Waals surface area contributed by atoms with Crippen molar-refractivity contribution in [3.05, 3.63) is 22.7 Å². The molecule has 3 nitrogen and oxygen atoms in total. The number of halogens is 1. The van der Waals surface area contributed by atoms with Crippen LogP contribution >= 0.6 is 11.6 Å². The number of anilines is 1. The normalized spacial score (nSPS) is 26.0. The zero-order valence-corrected chi connectivity index (χ0v) is 14.0. The molecule has 0 N–H and O–H groups in total. The third kappa shape index (κ3) is 2.74. The van der Waals surface area contributed by atoms with Gasteiger partial charge in [0, 0.05) is 36.3 Å². The standard InChI is InChI=1S/C17H25ClN2O/c1-4-13-10-19-7-5-6-14(19)11-20(13)16-8-12(2)15(18)9-17(16)21-3/h8-9,13-14H,4-7,10-11H2,1-3H3. The lowest BCUT2D eigenvalue weighted by molar-refractivity contribution is 0.194. The molecule has 2 fully saturated rings. The average molecular weight is 309 g/mol. The lowest BCUT2D eigenvalue weighted by Gasteiger charge is -2.45. The van der Waals surface area contributed by atoms with Gasteiger partial charge in [0.2, 0.25) is 0 Å². The summed E-state index contributed by atoms with van der Waals surface area (Å²) >= 11 is 6.26. The Balaban J connectivity index is 1.95. The molecule has 2 aliphatic heterocycles. The van der Waals surface area contributed by atoms with E-state index >= 15 is 0 Å². The van der Waals surface area contributed by atoms with E-state index in [9.17, 15) is 0 Å². The zero-order chi connectivity index (χ0) is 15.0. The molecule has 21 heavy (non-hydrogen) atoms. The Kier molecular flexibility index (Phi) is 4.32. The summed E-state index contributed by atoms with van der Waals surface area (Å²) in [6, 6.07) is 5.41. The molecule has 0 radical (unpaired) electrons. The van der Waals surface area contributed by atoms with Crippen LogP contribution in [-0.4, -0.2) is 43.7 Å². The van der Waals surface area contributed by atoms with Crippen molar-refractivity contribution < 1.29 is 4.74 Å². The molecule has 1 aromatic carbocycles. The first kappa shape index (κ1) is 15.0. The lowest BCUT2D eigenvalue weighted by Crippen LogP contribution is -2.56. The van der Waals surface area contributed by atoms with Gasteiger partial charge in [0.1, 0.15) is 5.75 Å². The first-order chi connectivity index (χ1) is 10.1. The second-order valence-corrected chi connectivity index (χ2v) is 6.69. The van der Waals surface area contributed by atoms with E-state index in [2.05, 4.69) is 29.7 Å². The quantitative estimate of drug-likeness (QED) is 0.846. The number of rotatable bonds is 3. The molecule has 3 rings (SSSR count). The first-order valence-corrected chi connectivity index (χ1v) is 8.36. The summed E-state index contributed by atoms with van der Waals surface area (Å²) in [5.74, 6) is 0.899. The van der Waals surface area contributed by atoms with E-state index in [-0.39, 0.29) is 0 Å². The molecular weight excluding hydrogens is 284 g/mol. The Morgan fingerprint density at radius 3 is 2.86 bits per heavy atom. The van der Waals surface area contributed by atoms with Crippen molar-refractivity contribution >= 4 is 17.3 Å². The predicted molar refractivity (Wildman–Crippen MR) is 88.8 cm³/mol. The van der Waals surface area contributed by atoms with Gasteiger partial charge in [-0.15, -0.1) is 0 Å². The highest BCUT2D eigenvalue weighted by molar-refractivity contribution is 6.31. The number of benzene rings is 1. The van der Waals surface area contributed by atoms with Gasteiger partial charge in [0.15, 0.2) is 0 Å². The number of hydrogen-bond donors (Lipinski definition) is 0. The van der Waals surface area contributed by atoms with Crippen molar-refractivity contribution in [3.8, 4) is 5.75 Å². The molecule has 0 aromatic heterocycles. The summed E-state index contributed by atoms with van der Waals surface area (Å²) in [5.41, 5.74) is 2.33. The second kappa shape index (κ2) is 6.05. The van der Waals surface area contributed by atoms with Gasteiger partial charge in [0.25, 0.3) is 0 Å². The van der Waals surface area contributed by atoms with E-state index in [1.54, 1.807) is 7.11 Å². The van der Waals surface area contributed by atoms with E-state index in [1.165, 1.54) is 31.6 Å². The van der Waals surface area contributed by atoms with Gasteiger partial charge < -0.3 is 9.64 Å².